The third-order valence-corrected chi connectivity index (χ3v) is 4.44. The van der Waals surface area contributed by atoms with Crippen LogP contribution >= 0.6 is 35.2 Å². The number of hydrogen-bond acceptors (Lipinski definition) is 4. The van der Waals surface area contributed by atoms with Crippen LogP contribution < -0.4 is 29.6 Å². The van der Waals surface area contributed by atoms with E-state index < -0.39 is 21.4 Å². The zero-order valence-electron chi connectivity index (χ0n) is 10.4. The van der Waals surface area contributed by atoms with Gasteiger partial charge in [-0.3, -0.25) is 0 Å². The van der Waals surface area contributed by atoms with Crippen molar-refractivity contribution in [3.05, 3.63) is 34.9 Å². The summed E-state index contributed by atoms with van der Waals surface area (Å²) < 4.78 is 33.3. The Bertz CT molecular complexity index is 509. The van der Waals surface area contributed by atoms with Crippen molar-refractivity contribution in [1.82, 2.24) is 3.94 Å². The second-order valence-electron chi connectivity index (χ2n) is 4.24. The number of hydrogen-bond donors (Lipinski definition) is 0. The van der Waals surface area contributed by atoms with Crippen molar-refractivity contribution in [1.29, 1.82) is 0 Å². The van der Waals surface area contributed by atoms with Gasteiger partial charge in [-0.2, -0.15) is 0 Å². The molecule has 0 aliphatic carbocycles. The normalized spacial score (nSPS) is 14.8. The molecule has 1 rings (SSSR count). The largest absolute Gasteiger partial charge is 1.00 e. The zero-order valence-corrected chi connectivity index (χ0v) is 15.5. The third kappa shape index (κ3) is 6.98. The van der Waals surface area contributed by atoms with Crippen LogP contribution in [0.2, 0.25) is 5.02 Å². The van der Waals surface area contributed by atoms with Gasteiger partial charge in [-0.1, -0.05) is 23.7 Å². The van der Waals surface area contributed by atoms with Crippen molar-refractivity contribution in [3.8, 4) is 0 Å². The predicted molar refractivity (Wildman–Crippen MR) is 71.7 cm³/mol. The first-order chi connectivity index (χ1) is 8.12. The molecule has 0 bridgehead atoms. The number of rotatable bonds is 5. The molecule has 0 aliphatic rings. The molecule has 4 nitrogen and oxygen atoms in total. The molecule has 102 valence electrons. The Labute approximate surface area is 150 Å². The standard InChI is InChI=1S/C10H12Cl3NO3S.Na/c1-10(14(12)13,7-18(15,16)17)6-8-2-4-9(11)5-3-8;/h2-5H,6-7H2,1H3,(H,15,16,17);/q;+1/p-1. The summed E-state index contributed by atoms with van der Waals surface area (Å²) in [5, 5.41) is 0.561. The van der Waals surface area contributed by atoms with Crippen molar-refractivity contribution < 1.29 is 42.5 Å². The number of nitrogens with zero attached hydrogens (tertiary/aromatic N) is 1. The Morgan fingerprint density at radius 3 is 2.11 bits per heavy atom. The minimum Gasteiger partial charge on any atom is -0.748 e. The molecule has 0 amide bonds. The van der Waals surface area contributed by atoms with Crippen molar-refractivity contribution >= 4 is 45.3 Å². The van der Waals surface area contributed by atoms with Gasteiger partial charge in [0.15, 0.2) is 0 Å². The van der Waals surface area contributed by atoms with Gasteiger partial charge in [0.05, 0.1) is 21.4 Å². The van der Waals surface area contributed by atoms with E-state index in [1.54, 1.807) is 24.3 Å². The van der Waals surface area contributed by atoms with Gasteiger partial charge in [0.25, 0.3) is 0 Å². The molecule has 1 aromatic carbocycles. The first kappa shape index (κ1) is 20.0. The molecule has 0 N–H and O–H groups in total. The Balaban J connectivity index is 0.00000324. The quantitative estimate of drug-likeness (QED) is 0.417. The molecule has 1 unspecified atom stereocenters. The van der Waals surface area contributed by atoms with Gasteiger partial charge in [0.1, 0.15) is 0 Å². The molecule has 0 heterocycles. The fraction of sp³-hybridized carbons (Fsp3) is 0.400. The Morgan fingerprint density at radius 2 is 1.74 bits per heavy atom. The van der Waals surface area contributed by atoms with Gasteiger partial charge in [-0.05, 0) is 54.6 Å². The summed E-state index contributed by atoms with van der Waals surface area (Å²) in [6, 6.07) is 6.76. The van der Waals surface area contributed by atoms with Crippen LogP contribution in [0.4, 0.5) is 0 Å². The summed E-state index contributed by atoms with van der Waals surface area (Å²) in [5.41, 5.74) is -0.422. The second-order valence-corrected chi connectivity index (χ2v) is 6.92. The van der Waals surface area contributed by atoms with Crippen molar-refractivity contribution in [2.45, 2.75) is 18.9 Å². The molecule has 0 saturated heterocycles. The van der Waals surface area contributed by atoms with Gasteiger partial charge in [0.2, 0.25) is 0 Å². The van der Waals surface area contributed by atoms with Crippen LogP contribution in [-0.2, 0) is 16.5 Å². The van der Waals surface area contributed by atoms with Crippen LogP contribution in [0.1, 0.15) is 12.5 Å². The van der Waals surface area contributed by atoms with Crippen LogP contribution in [0, 0.1) is 0 Å². The number of benzene rings is 1. The summed E-state index contributed by atoms with van der Waals surface area (Å²) >= 11 is 17.0. The SMILES string of the molecule is CC(Cc1ccc(Cl)cc1)(CS(=O)(=O)[O-])N(Cl)Cl.[Na+]. The first-order valence-electron chi connectivity index (χ1n) is 4.92. The fourth-order valence-electron chi connectivity index (χ4n) is 1.58. The molecule has 9 heteroatoms. The average molecular weight is 355 g/mol. The minimum absolute atomic E-state index is 0. The van der Waals surface area contributed by atoms with Gasteiger partial charge in [-0.25, -0.2) is 8.42 Å². The topological polar surface area (TPSA) is 60.4 Å². The average Bonchev–Trinajstić information content (AvgIpc) is 2.18. The molecular formula is C10H11Cl3NNaO3S. The van der Waals surface area contributed by atoms with E-state index in [9.17, 15) is 13.0 Å². The fourth-order valence-corrected chi connectivity index (χ4v) is 3.08. The van der Waals surface area contributed by atoms with Crippen LogP contribution in [0.5, 0.6) is 0 Å². The smallest absolute Gasteiger partial charge is 0.748 e. The summed E-state index contributed by atoms with van der Waals surface area (Å²) in [6.45, 7) is 1.50. The number of halogens is 3. The van der Waals surface area contributed by atoms with Gasteiger partial charge < -0.3 is 4.55 Å². The summed E-state index contributed by atoms with van der Waals surface area (Å²) in [7, 11) is -4.44. The molecule has 0 spiro atoms. The Hall–Kier alpha value is 0.960. The summed E-state index contributed by atoms with van der Waals surface area (Å²) in [4.78, 5) is 0. The molecule has 0 aromatic heterocycles. The molecule has 0 radical (unpaired) electrons. The maximum absolute atomic E-state index is 10.9. The van der Waals surface area contributed by atoms with Crippen molar-refractivity contribution in [2.75, 3.05) is 5.75 Å². The minimum atomic E-state index is -4.44. The second kappa shape index (κ2) is 7.82. The molecular weight excluding hydrogens is 344 g/mol. The van der Waals surface area contributed by atoms with E-state index in [0.29, 0.717) is 8.96 Å². The predicted octanol–water partition coefficient (Wildman–Crippen LogP) is -0.200. The maximum Gasteiger partial charge on any atom is 1.00 e. The Morgan fingerprint density at radius 1 is 1.26 bits per heavy atom. The Kier molecular flexibility index (Phi) is 8.22. The van der Waals surface area contributed by atoms with Crippen LogP contribution in [0.25, 0.3) is 0 Å². The molecule has 0 saturated carbocycles. The first-order valence-corrected chi connectivity index (χ1v) is 7.55. The molecule has 1 atom stereocenters. The van der Waals surface area contributed by atoms with E-state index in [4.69, 9.17) is 35.2 Å². The summed E-state index contributed by atoms with van der Waals surface area (Å²) in [5.74, 6) is -0.685. The van der Waals surface area contributed by atoms with Gasteiger partial charge >= 0.3 is 29.6 Å². The van der Waals surface area contributed by atoms with Crippen molar-refractivity contribution in [2.24, 2.45) is 0 Å². The van der Waals surface area contributed by atoms with E-state index in [1.807, 2.05) is 0 Å². The van der Waals surface area contributed by atoms with Crippen LogP contribution in [0.3, 0.4) is 0 Å². The summed E-state index contributed by atoms with van der Waals surface area (Å²) in [6.07, 6.45) is 0.207. The molecule has 0 fully saturated rings. The molecule has 1 aromatic rings. The zero-order chi connectivity index (χ0) is 14.0. The van der Waals surface area contributed by atoms with E-state index in [-0.39, 0.29) is 36.0 Å². The third-order valence-electron chi connectivity index (χ3n) is 2.39. The van der Waals surface area contributed by atoms with Gasteiger partial charge in [-0.15, -0.1) is 3.94 Å². The van der Waals surface area contributed by atoms with E-state index in [1.165, 1.54) is 6.92 Å². The van der Waals surface area contributed by atoms with Gasteiger partial charge in [0, 0.05) is 5.02 Å². The monoisotopic (exact) mass is 353 g/mol. The van der Waals surface area contributed by atoms with Crippen LogP contribution in [-0.4, -0.2) is 28.2 Å². The van der Waals surface area contributed by atoms with Crippen molar-refractivity contribution in [3.63, 3.8) is 0 Å². The van der Waals surface area contributed by atoms with E-state index in [0.717, 1.165) is 5.56 Å². The van der Waals surface area contributed by atoms with E-state index in [2.05, 4.69) is 0 Å². The van der Waals surface area contributed by atoms with Crippen LogP contribution in [0.15, 0.2) is 24.3 Å². The maximum atomic E-state index is 10.9. The van der Waals surface area contributed by atoms with E-state index >= 15 is 0 Å². The molecule has 0 aliphatic heterocycles. The molecule has 19 heavy (non-hydrogen) atoms.